The average molecular weight is 246 g/mol. The first-order valence-electron chi connectivity index (χ1n) is 7.35. The van der Waals surface area contributed by atoms with Gasteiger partial charge in [0, 0.05) is 0 Å². The van der Waals surface area contributed by atoms with E-state index in [0.717, 1.165) is 0 Å². The maximum atomic E-state index is 10.7. The zero-order valence-corrected chi connectivity index (χ0v) is 12.0. The fraction of sp³-hybridized carbons (Fsp3) is 0.647. The van der Waals surface area contributed by atoms with E-state index in [9.17, 15) is 5.11 Å². The van der Waals surface area contributed by atoms with Crippen molar-refractivity contribution in [1.29, 1.82) is 0 Å². The Balaban J connectivity index is 2.24. The summed E-state index contributed by atoms with van der Waals surface area (Å²) in [5.41, 5.74) is 4.99. The minimum atomic E-state index is -0.260. The van der Waals surface area contributed by atoms with Crippen LogP contribution in [-0.2, 0) is 0 Å². The van der Waals surface area contributed by atoms with Crippen LogP contribution in [0.1, 0.15) is 66.9 Å². The second kappa shape index (κ2) is 5.88. The van der Waals surface area contributed by atoms with Gasteiger partial charge in [0.2, 0.25) is 0 Å². The van der Waals surface area contributed by atoms with Crippen molar-refractivity contribution in [2.45, 2.75) is 65.4 Å². The Kier molecular flexibility index (Phi) is 4.45. The average Bonchev–Trinajstić information content (AvgIpc) is 2.55. The predicted octanol–water partition coefficient (Wildman–Crippen LogP) is 4.62. The van der Waals surface area contributed by atoms with Crippen LogP contribution in [0.25, 0.3) is 0 Å². The lowest BCUT2D eigenvalue weighted by Crippen LogP contribution is -2.14. The molecule has 1 aliphatic rings. The zero-order valence-electron chi connectivity index (χ0n) is 12.0. The Morgan fingerprint density at radius 3 is 1.94 bits per heavy atom. The van der Waals surface area contributed by atoms with Gasteiger partial charge in [-0.3, -0.25) is 0 Å². The highest BCUT2D eigenvalue weighted by Crippen LogP contribution is 2.36. The Labute approximate surface area is 111 Å². The monoisotopic (exact) mass is 246 g/mol. The Bertz CT molecular complexity index is 377. The van der Waals surface area contributed by atoms with Crippen molar-refractivity contribution in [3.8, 4) is 0 Å². The van der Waals surface area contributed by atoms with Crippen molar-refractivity contribution in [2.75, 3.05) is 0 Å². The molecular formula is C17H26O. The predicted molar refractivity (Wildman–Crippen MR) is 76.8 cm³/mol. The largest absolute Gasteiger partial charge is 0.388 e. The molecule has 1 aromatic carbocycles. The van der Waals surface area contributed by atoms with Crippen LogP contribution in [0.4, 0.5) is 0 Å². The molecule has 1 heteroatoms. The van der Waals surface area contributed by atoms with Crippen LogP contribution in [0.3, 0.4) is 0 Å². The van der Waals surface area contributed by atoms with Crippen molar-refractivity contribution in [3.05, 3.63) is 34.4 Å². The van der Waals surface area contributed by atoms with Gasteiger partial charge in [-0.2, -0.15) is 0 Å². The van der Waals surface area contributed by atoms with Gasteiger partial charge in [-0.05, 0) is 56.2 Å². The first kappa shape index (κ1) is 13.6. The summed E-state index contributed by atoms with van der Waals surface area (Å²) in [5, 5.41) is 10.7. The van der Waals surface area contributed by atoms with Gasteiger partial charge < -0.3 is 5.11 Å². The van der Waals surface area contributed by atoms with E-state index in [2.05, 4.69) is 32.9 Å². The topological polar surface area (TPSA) is 20.2 Å². The summed E-state index contributed by atoms with van der Waals surface area (Å²) >= 11 is 0. The molecule has 0 radical (unpaired) electrons. The maximum absolute atomic E-state index is 10.7. The van der Waals surface area contributed by atoms with E-state index in [1.54, 1.807) is 0 Å². The molecule has 0 heterocycles. The summed E-state index contributed by atoms with van der Waals surface area (Å²) < 4.78 is 0. The van der Waals surface area contributed by atoms with Crippen molar-refractivity contribution in [3.63, 3.8) is 0 Å². The summed E-state index contributed by atoms with van der Waals surface area (Å²) in [4.78, 5) is 0. The molecule has 0 spiro atoms. The SMILES string of the molecule is Cc1cc(C)c(C(O)C2CCCCCC2)c(C)c1. The van der Waals surface area contributed by atoms with Gasteiger partial charge in [-0.15, -0.1) is 0 Å². The molecule has 0 saturated heterocycles. The van der Waals surface area contributed by atoms with E-state index >= 15 is 0 Å². The molecule has 1 aliphatic carbocycles. The lowest BCUT2D eigenvalue weighted by atomic mass is 9.85. The van der Waals surface area contributed by atoms with Crippen LogP contribution >= 0.6 is 0 Å². The molecule has 2 rings (SSSR count). The molecule has 0 amide bonds. The molecule has 0 bridgehead atoms. The van der Waals surface area contributed by atoms with Crippen LogP contribution in [0.15, 0.2) is 12.1 Å². The van der Waals surface area contributed by atoms with Crippen molar-refractivity contribution in [1.82, 2.24) is 0 Å². The van der Waals surface area contributed by atoms with E-state index in [1.807, 2.05) is 0 Å². The Hall–Kier alpha value is -0.820. The smallest absolute Gasteiger partial charge is 0.0823 e. The second-order valence-corrected chi connectivity index (χ2v) is 6.01. The maximum Gasteiger partial charge on any atom is 0.0823 e. The highest BCUT2D eigenvalue weighted by Gasteiger charge is 2.24. The lowest BCUT2D eigenvalue weighted by Gasteiger charge is -2.25. The van der Waals surface area contributed by atoms with Gasteiger partial charge in [0.25, 0.3) is 0 Å². The third kappa shape index (κ3) is 2.95. The lowest BCUT2D eigenvalue weighted by molar-refractivity contribution is 0.0976. The molecule has 18 heavy (non-hydrogen) atoms. The molecule has 0 aliphatic heterocycles. The van der Waals surface area contributed by atoms with E-state index in [0.29, 0.717) is 5.92 Å². The quantitative estimate of drug-likeness (QED) is 0.755. The van der Waals surface area contributed by atoms with Crippen molar-refractivity contribution < 1.29 is 5.11 Å². The first-order chi connectivity index (χ1) is 8.59. The highest BCUT2D eigenvalue weighted by atomic mass is 16.3. The number of benzene rings is 1. The van der Waals surface area contributed by atoms with Gasteiger partial charge in [-0.1, -0.05) is 43.4 Å². The minimum absolute atomic E-state index is 0.260. The van der Waals surface area contributed by atoms with Gasteiger partial charge in [0.15, 0.2) is 0 Å². The van der Waals surface area contributed by atoms with Crippen LogP contribution in [0.5, 0.6) is 0 Å². The third-order valence-corrected chi connectivity index (χ3v) is 4.38. The van der Waals surface area contributed by atoms with Gasteiger partial charge in [0.1, 0.15) is 0 Å². The summed E-state index contributed by atoms with van der Waals surface area (Å²) in [6.45, 7) is 6.40. The fourth-order valence-corrected chi connectivity index (χ4v) is 3.52. The van der Waals surface area contributed by atoms with Gasteiger partial charge in [0.05, 0.1) is 6.10 Å². The Morgan fingerprint density at radius 2 is 1.44 bits per heavy atom. The standard InChI is InChI=1S/C17H26O/c1-12-10-13(2)16(14(3)11-12)17(18)15-8-6-4-5-7-9-15/h10-11,15,17-18H,4-9H2,1-3H3. The molecule has 100 valence electrons. The number of aliphatic hydroxyl groups excluding tert-OH is 1. The summed E-state index contributed by atoms with van der Waals surface area (Å²) in [7, 11) is 0. The number of aryl methyl sites for hydroxylation is 3. The van der Waals surface area contributed by atoms with E-state index in [4.69, 9.17) is 0 Å². The fourth-order valence-electron chi connectivity index (χ4n) is 3.52. The van der Waals surface area contributed by atoms with Gasteiger partial charge >= 0.3 is 0 Å². The highest BCUT2D eigenvalue weighted by molar-refractivity contribution is 5.39. The molecule has 1 unspecified atom stereocenters. The van der Waals surface area contributed by atoms with Crippen LogP contribution in [-0.4, -0.2) is 5.11 Å². The van der Waals surface area contributed by atoms with E-state index < -0.39 is 0 Å². The molecule has 1 atom stereocenters. The normalized spacial score (nSPS) is 19.6. The minimum Gasteiger partial charge on any atom is -0.388 e. The van der Waals surface area contributed by atoms with Crippen LogP contribution < -0.4 is 0 Å². The van der Waals surface area contributed by atoms with E-state index in [1.165, 1.54) is 60.8 Å². The van der Waals surface area contributed by atoms with Gasteiger partial charge in [-0.25, -0.2) is 0 Å². The van der Waals surface area contributed by atoms with Crippen LogP contribution in [0, 0.1) is 26.7 Å². The van der Waals surface area contributed by atoms with Crippen LogP contribution in [0.2, 0.25) is 0 Å². The molecular weight excluding hydrogens is 220 g/mol. The molecule has 1 aromatic rings. The Morgan fingerprint density at radius 1 is 0.944 bits per heavy atom. The number of hydrogen-bond acceptors (Lipinski definition) is 1. The van der Waals surface area contributed by atoms with E-state index in [-0.39, 0.29) is 6.10 Å². The number of rotatable bonds is 2. The zero-order chi connectivity index (χ0) is 13.1. The third-order valence-electron chi connectivity index (χ3n) is 4.38. The number of aliphatic hydroxyl groups is 1. The summed E-state index contributed by atoms with van der Waals surface area (Å²) in [6, 6.07) is 4.39. The second-order valence-electron chi connectivity index (χ2n) is 6.01. The van der Waals surface area contributed by atoms with Crippen molar-refractivity contribution in [2.24, 2.45) is 5.92 Å². The molecule has 1 saturated carbocycles. The molecule has 0 aromatic heterocycles. The summed E-state index contributed by atoms with van der Waals surface area (Å²) in [6.07, 6.45) is 7.37. The molecule has 1 nitrogen and oxygen atoms in total. The van der Waals surface area contributed by atoms with Crippen molar-refractivity contribution >= 4 is 0 Å². The molecule has 1 fully saturated rings. The molecule has 1 N–H and O–H groups in total. The number of hydrogen-bond donors (Lipinski definition) is 1. The first-order valence-corrected chi connectivity index (χ1v) is 7.35. The summed E-state index contributed by atoms with van der Waals surface area (Å²) in [5.74, 6) is 0.465.